The Kier molecular flexibility index (Phi) is 6.91. The van der Waals surface area contributed by atoms with Crippen molar-refractivity contribution in [3.63, 3.8) is 0 Å². The molecular weight excluding hydrogens is 529 g/mol. The van der Waals surface area contributed by atoms with Crippen molar-refractivity contribution in [3.8, 4) is 17.6 Å². The molecule has 0 bridgehead atoms. The Bertz CT molecular complexity index is 1480. The van der Waals surface area contributed by atoms with Gasteiger partial charge >= 0.3 is 6.18 Å². The van der Waals surface area contributed by atoms with E-state index in [9.17, 15) is 23.1 Å². The van der Waals surface area contributed by atoms with Crippen LogP contribution in [0, 0.1) is 29.1 Å². The molecule has 3 aliphatic carbocycles. The zero-order valence-corrected chi connectivity index (χ0v) is 23.2. The summed E-state index contributed by atoms with van der Waals surface area (Å²) in [5.74, 6) is 7.21. The van der Waals surface area contributed by atoms with Gasteiger partial charge in [-0.2, -0.15) is 13.2 Å². The number of fused-ring (bicyclic) bond motifs is 4. The van der Waals surface area contributed by atoms with Crippen LogP contribution in [0.4, 0.5) is 13.2 Å². The van der Waals surface area contributed by atoms with E-state index < -0.39 is 22.8 Å². The molecule has 1 N–H and O–H groups in total. The number of methoxy groups -OCH3 is 1. The Hall–Kier alpha value is -3.34. The molecule has 5 unspecified atom stereocenters. The van der Waals surface area contributed by atoms with Crippen LogP contribution >= 0.6 is 0 Å². The Labute approximate surface area is 238 Å². The highest BCUT2D eigenvalue weighted by Gasteiger charge is 2.61. The number of ketones is 1. The molecule has 0 aromatic heterocycles. The van der Waals surface area contributed by atoms with Gasteiger partial charge in [-0.3, -0.25) is 4.79 Å². The van der Waals surface area contributed by atoms with Crippen molar-refractivity contribution < 1.29 is 32.5 Å². The second kappa shape index (κ2) is 10.2. The molecule has 2 aromatic rings. The maximum Gasteiger partial charge on any atom is 0.416 e. The van der Waals surface area contributed by atoms with Gasteiger partial charge in [0.05, 0.1) is 19.3 Å². The van der Waals surface area contributed by atoms with E-state index in [1.807, 2.05) is 31.2 Å². The summed E-state index contributed by atoms with van der Waals surface area (Å²) < 4.78 is 51.2. The van der Waals surface area contributed by atoms with Crippen LogP contribution in [-0.2, 0) is 15.7 Å². The van der Waals surface area contributed by atoms with Crippen molar-refractivity contribution in [2.24, 2.45) is 17.3 Å². The van der Waals surface area contributed by atoms with E-state index in [1.165, 1.54) is 23.3 Å². The summed E-state index contributed by atoms with van der Waals surface area (Å²) in [4.78, 5) is 12.3. The predicted molar refractivity (Wildman–Crippen MR) is 148 cm³/mol. The SMILES string of the molecule is COc1ccc(C2OCC3(C)C(CCC3(O)C#Cc3ccc(C(F)(F)F)cc3)C3CCC4=CC(=O)CCC4=C23)cc1. The number of carbonyl (C=O) groups is 1. The van der Waals surface area contributed by atoms with Gasteiger partial charge in [-0.25, -0.2) is 0 Å². The Morgan fingerprint density at radius 1 is 1.02 bits per heavy atom. The third-order valence-electron chi connectivity index (χ3n) is 9.76. The lowest BCUT2D eigenvalue weighted by molar-refractivity contribution is -0.137. The summed E-state index contributed by atoms with van der Waals surface area (Å²) in [5.41, 5.74) is 2.16. The minimum atomic E-state index is -4.42. The lowest BCUT2D eigenvalue weighted by Crippen LogP contribution is -2.48. The first-order valence-corrected chi connectivity index (χ1v) is 14.2. The zero-order valence-electron chi connectivity index (χ0n) is 23.2. The molecule has 1 saturated heterocycles. The van der Waals surface area contributed by atoms with Crippen molar-refractivity contribution >= 4 is 5.78 Å². The first kappa shape index (κ1) is 27.8. The van der Waals surface area contributed by atoms with E-state index in [0.29, 0.717) is 24.8 Å². The number of ether oxygens (including phenoxy) is 2. The van der Waals surface area contributed by atoms with Gasteiger partial charge in [-0.05, 0) is 109 Å². The number of allylic oxidation sites excluding steroid dienone is 3. The molecule has 0 spiro atoms. The van der Waals surface area contributed by atoms with Crippen molar-refractivity contribution in [3.05, 3.63) is 88.0 Å². The maximum atomic E-state index is 13.0. The first-order valence-electron chi connectivity index (χ1n) is 14.2. The fourth-order valence-corrected chi connectivity index (χ4v) is 7.45. The second-order valence-corrected chi connectivity index (χ2v) is 11.9. The minimum absolute atomic E-state index is 0.0966. The Balaban J connectivity index is 1.40. The highest BCUT2D eigenvalue weighted by atomic mass is 19.4. The number of alkyl halides is 3. The van der Waals surface area contributed by atoms with Crippen molar-refractivity contribution in [1.29, 1.82) is 0 Å². The molecule has 7 heteroatoms. The summed E-state index contributed by atoms with van der Waals surface area (Å²) >= 11 is 0. The summed E-state index contributed by atoms with van der Waals surface area (Å²) in [6, 6.07) is 12.6. The molecule has 0 amide bonds. The normalized spacial score (nSPS) is 31.2. The number of carbonyl (C=O) groups excluding carboxylic acids is 1. The number of benzene rings is 2. The average molecular weight is 563 g/mol. The number of halogens is 3. The summed E-state index contributed by atoms with van der Waals surface area (Å²) in [6.07, 6.45) is 1.11. The lowest BCUT2D eigenvalue weighted by atomic mass is 9.61. The largest absolute Gasteiger partial charge is 0.497 e. The molecule has 0 radical (unpaired) electrons. The highest BCUT2D eigenvalue weighted by molar-refractivity contribution is 5.93. The molecule has 6 rings (SSSR count). The molecule has 1 heterocycles. The topological polar surface area (TPSA) is 55.8 Å². The molecule has 1 aliphatic heterocycles. The Morgan fingerprint density at radius 2 is 1.76 bits per heavy atom. The summed E-state index contributed by atoms with van der Waals surface area (Å²) in [5, 5.41) is 12.1. The molecule has 4 nitrogen and oxygen atoms in total. The average Bonchev–Trinajstić information content (AvgIpc) is 3.13. The van der Waals surface area contributed by atoms with E-state index in [2.05, 4.69) is 11.8 Å². The van der Waals surface area contributed by atoms with Crippen molar-refractivity contribution in [2.75, 3.05) is 13.7 Å². The van der Waals surface area contributed by atoms with E-state index in [1.54, 1.807) is 13.2 Å². The fraction of sp³-hybridized carbons (Fsp3) is 0.441. The molecule has 214 valence electrons. The van der Waals surface area contributed by atoms with Gasteiger partial charge in [0.15, 0.2) is 5.78 Å². The van der Waals surface area contributed by atoms with Gasteiger partial charge in [0.25, 0.3) is 0 Å². The Morgan fingerprint density at radius 3 is 2.44 bits per heavy atom. The third kappa shape index (κ3) is 4.81. The minimum Gasteiger partial charge on any atom is -0.497 e. The number of rotatable bonds is 2. The van der Waals surface area contributed by atoms with Crippen LogP contribution in [0.1, 0.15) is 68.2 Å². The van der Waals surface area contributed by atoms with Crippen LogP contribution in [-0.4, -0.2) is 30.2 Å². The van der Waals surface area contributed by atoms with E-state index >= 15 is 0 Å². The summed E-state index contributed by atoms with van der Waals surface area (Å²) in [7, 11) is 1.63. The van der Waals surface area contributed by atoms with Gasteiger partial charge < -0.3 is 14.6 Å². The quantitative estimate of drug-likeness (QED) is 0.402. The number of hydrogen-bond acceptors (Lipinski definition) is 4. The van der Waals surface area contributed by atoms with Crippen LogP contribution in [0.25, 0.3) is 0 Å². The maximum absolute atomic E-state index is 13.0. The van der Waals surface area contributed by atoms with Crippen LogP contribution in [0.5, 0.6) is 5.75 Å². The highest BCUT2D eigenvalue weighted by Crippen LogP contribution is 2.61. The fourth-order valence-electron chi connectivity index (χ4n) is 7.45. The van der Waals surface area contributed by atoms with E-state index in [4.69, 9.17) is 9.47 Å². The first-order chi connectivity index (χ1) is 19.5. The van der Waals surface area contributed by atoms with Gasteiger partial charge in [-0.15, -0.1) is 0 Å². The van der Waals surface area contributed by atoms with Gasteiger partial charge in [0.1, 0.15) is 17.5 Å². The lowest BCUT2D eigenvalue weighted by Gasteiger charge is -2.42. The molecular formula is C34H33F3O4. The van der Waals surface area contributed by atoms with Crippen molar-refractivity contribution in [1.82, 2.24) is 0 Å². The molecule has 41 heavy (non-hydrogen) atoms. The molecule has 5 atom stereocenters. The van der Waals surface area contributed by atoms with Crippen molar-refractivity contribution in [2.45, 2.75) is 63.3 Å². The molecule has 4 aliphatic rings. The van der Waals surface area contributed by atoms with Crippen LogP contribution in [0.3, 0.4) is 0 Å². The standard InChI is InChI=1S/C34H33F3O4/c1-32-20-41-31(22-5-11-26(40-2)12-6-22)30-27-14-10-25(38)19-23(27)7-13-28(30)29(32)16-18-33(32,39)17-15-21-3-8-24(9-4-21)34(35,36)37/h3-6,8-9,11-12,19,28-29,31,39H,7,10,13-14,16,18,20H2,1-2H3. The van der Waals surface area contributed by atoms with Gasteiger partial charge in [-0.1, -0.05) is 30.9 Å². The van der Waals surface area contributed by atoms with E-state index in [0.717, 1.165) is 48.3 Å². The zero-order chi connectivity index (χ0) is 29.0. The monoisotopic (exact) mass is 562 g/mol. The molecule has 2 aromatic carbocycles. The van der Waals surface area contributed by atoms with Crippen LogP contribution in [0.2, 0.25) is 0 Å². The second-order valence-electron chi connectivity index (χ2n) is 11.9. The summed E-state index contributed by atoms with van der Waals surface area (Å²) in [6.45, 7) is 2.32. The van der Waals surface area contributed by atoms with Crippen LogP contribution < -0.4 is 4.74 Å². The van der Waals surface area contributed by atoms with Gasteiger partial charge in [0, 0.05) is 17.4 Å². The number of hydrogen-bond donors (Lipinski definition) is 1. The predicted octanol–water partition coefficient (Wildman–Crippen LogP) is 6.98. The number of aliphatic hydroxyl groups is 1. The van der Waals surface area contributed by atoms with Crippen LogP contribution in [0.15, 0.2) is 71.3 Å². The van der Waals surface area contributed by atoms with E-state index in [-0.39, 0.29) is 30.3 Å². The molecule has 1 saturated carbocycles. The molecule has 2 fully saturated rings. The van der Waals surface area contributed by atoms with Gasteiger partial charge in [0.2, 0.25) is 0 Å². The third-order valence-corrected chi connectivity index (χ3v) is 9.76. The smallest absolute Gasteiger partial charge is 0.416 e.